The number of aryl methyl sites for hydroxylation is 1. The molecule has 0 saturated heterocycles. The van der Waals surface area contributed by atoms with Crippen molar-refractivity contribution in [2.45, 2.75) is 13.5 Å². The second-order valence-electron chi connectivity index (χ2n) is 7.01. The molecule has 4 rings (SSSR count). The van der Waals surface area contributed by atoms with Gasteiger partial charge < -0.3 is 18.6 Å². The normalized spacial score (nSPS) is 10.7. The number of esters is 1. The van der Waals surface area contributed by atoms with E-state index in [0.717, 1.165) is 5.56 Å². The van der Waals surface area contributed by atoms with Crippen LogP contribution >= 0.6 is 0 Å². The number of rotatable bonds is 6. The van der Waals surface area contributed by atoms with Crippen LogP contribution in [0.1, 0.15) is 21.7 Å². The third-order valence-corrected chi connectivity index (χ3v) is 4.80. The van der Waals surface area contributed by atoms with E-state index in [4.69, 9.17) is 13.9 Å². The number of hydrogen-bond donors (Lipinski definition) is 0. The first-order chi connectivity index (χ1) is 15.4. The Morgan fingerprint density at radius 3 is 2.34 bits per heavy atom. The smallest absolute Gasteiger partial charge is 0.337 e. The van der Waals surface area contributed by atoms with E-state index in [9.17, 15) is 14.0 Å². The maximum atomic E-state index is 13.0. The van der Waals surface area contributed by atoms with Gasteiger partial charge in [-0.2, -0.15) is 0 Å². The zero-order valence-electron chi connectivity index (χ0n) is 17.4. The van der Waals surface area contributed by atoms with Crippen molar-refractivity contribution in [2.24, 2.45) is 0 Å². The first kappa shape index (κ1) is 21.1. The monoisotopic (exact) mass is 434 g/mol. The highest BCUT2D eigenvalue weighted by Crippen LogP contribution is 2.28. The number of ether oxygens (including phenoxy) is 3. The fraction of sp³-hybridized carbons (Fsp3) is 0.120. The molecule has 3 aromatic carbocycles. The largest absolute Gasteiger partial charge is 0.489 e. The maximum absolute atomic E-state index is 13.0. The van der Waals surface area contributed by atoms with Crippen molar-refractivity contribution in [2.75, 3.05) is 7.11 Å². The van der Waals surface area contributed by atoms with Crippen LogP contribution < -0.4 is 14.9 Å². The van der Waals surface area contributed by atoms with Gasteiger partial charge in [-0.1, -0.05) is 12.1 Å². The van der Waals surface area contributed by atoms with Crippen LogP contribution in [0.4, 0.5) is 4.39 Å². The Morgan fingerprint density at radius 1 is 0.969 bits per heavy atom. The molecule has 0 aliphatic rings. The molecule has 0 atom stereocenters. The van der Waals surface area contributed by atoms with Gasteiger partial charge >= 0.3 is 5.97 Å². The van der Waals surface area contributed by atoms with Crippen molar-refractivity contribution < 1.29 is 27.8 Å². The molecule has 0 saturated carbocycles. The molecule has 0 bridgehead atoms. The molecule has 6 nitrogen and oxygen atoms in total. The Balaban J connectivity index is 1.56. The molecule has 1 heterocycles. The van der Waals surface area contributed by atoms with E-state index in [0.29, 0.717) is 33.8 Å². The summed E-state index contributed by atoms with van der Waals surface area (Å²) in [6.45, 7) is 1.88. The zero-order chi connectivity index (χ0) is 22.7. The Morgan fingerprint density at radius 2 is 1.66 bits per heavy atom. The summed E-state index contributed by atoms with van der Waals surface area (Å²) in [6.07, 6.45) is 0. The molecule has 0 amide bonds. The van der Waals surface area contributed by atoms with Gasteiger partial charge in [0, 0.05) is 6.07 Å². The molecule has 7 heteroatoms. The number of benzene rings is 3. The van der Waals surface area contributed by atoms with E-state index in [1.54, 1.807) is 61.5 Å². The first-order valence-corrected chi connectivity index (χ1v) is 9.75. The van der Waals surface area contributed by atoms with Gasteiger partial charge in [0.05, 0.1) is 18.1 Å². The summed E-state index contributed by atoms with van der Waals surface area (Å²) in [6, 6.07) is 17.1. The van der Waals surface area contributed by atoms with Crippen LogP contribution in [0.25, 0.3) is 11.0 Å². The lowest BCUT2D eigenvalue weighted by molar-refractivity contribution is 0.0600. The van der Waals surface area contributed by atoms with Crippen LogP contribution in [0.3, 0.4) is 0 Å². The molecule has 1 aromatic heterocycles. The highest BCUT2D eigenvalue weighted by atomic mass is 19.1. The Hall–Kier alpha value is -4.13. The van der Waals surface area contributed by atoms with Crippen LogP contribution in [-0.2, 0) is 11.3 Å². The minimum Gasteiger partial charge on any atom is -0.489 e. The van der Waals surface area contributed by atoms with E-state index >= 15 is 0 Å². The van der Waals surface area contributed by atoms with Crippen molar-refractivity contribution in [1.29, 1.82) is 0 Å². The quantitative estimate of drug-likeness (QED) is 0.379. The van der Waals surface area contributed by atoms with Crippen LogP contribution in [0.2, 0.25) is 0 Å². The van der Waals surface area contributed by atoms with Gasteiger partial charge in [0.15, 0.2) is 0 Å². The summed E-state index contributed by atoms with van der Waals surface area (Å²) < 4.78 is 35.0. The van der Waals surface area contributed by atoms with Crippen molar-refractivity contribution in [1.82, 2.24) is 0 Å². The molecule has 4 aromatic rings. The summed E-state index contributed by atoms with van der Waals surface area (Å²) >= 11 is 0. The number of halogens is 1. The van der Waals surface area contributed by atoms with Gasteiger partial charge in [-0.25, -0.2) is 9.18 Å². The second-order valence-corrected chi connectivity index (χ2v) is 7.01. The number of carbonyl (C=O) groups excluding carboxylic acids is 1. The van der Waals surface area contributed by atoms with Crippen molar-refractivity contribution in [3.63, 3.8) is 0 Å². The lowest BCUT2D eigenvalue weighted by Gasteiger charge is -2.11. The summed E-state index contributed by atoms with van der Waals surface area (Å²) in [5.41, 5.74) is 1.21. The molecule has 0 aliphatic heterocycles. The molecule has 0 aliphatic carbocycles. The van der Waals surface area contributed by atoms with E-state index in [1.165, 1.54) is 19.2 Å². The van der Waals surface area contributed by atoms with Crippen LogP contribution in [0.15, 0.2) is 75.9 Å². The molecule has 0 spiro atoms. The van der Waals surface area contributed by atoms with Crippen LogP contribution in [-0.4, -0.2) is 13.1 Å². The van der Waals surface area contributed by atoms with Crippen molar-refractivity contribution in [3.05, 3.63) is 99.7 Å². The van der Waals surface area contributed by atoms with E-state index in [1.807, 2.05) is 0 Å². The van der Waals surface area contributed by atoms with Gasteiger partial charge in [-0.3, -0.25) is 4.79 Å². The summed E-state index contributed by atoms with van der Waals surface area (Å²) in [5, 5.41) is 0.339. The van der Waals surface area contributed by atoms with E-state index < -0.39 is 5.97 Å². The summed E-state index contributed by atoms with van der Waals surface area (Å²) in [7, 11) is 1.30. The van der Waals surface area contributed by atoms with Crippen LogP contribution in [0.5, 0.6) is 17.2 Å². The summed E-state index contributed by atoms with van der Waals surface area (Å²) in [5.74, 6) is 0.478. The molecule has 0 fully saturated rings. The van der Waals surface area contributed by atoms with Gasteiger partial charge in [0.1, 0.15) is 35.3 Å². The average molecular weight is 434 g/mol. The van der Waals surface area contributed by atoms with Gasteiger partial charge in [-0.15, -0.1) is 0 Å². The highest BCUT2D eigenvalue weighted by Gasteiger charge is 2.15. The predicted molar refractivity (Wildman–Crippen MR) is 116 cm³/mol. The zero-order valence-corrected chi connectivity index (χ0v) is 17.4. The van der Waals surface area contributed by atoms with E-state index in [2.05, 4.69) is 4.74 Å². The van der Waals surface area contributed by atoms with Crippen molar-refractivity contribution >= 4 is 16.9 Å². The number of carbonyl (C=O) groups is 1. The molecule has 32 heavy (non-hydrogen) atoms. The number of hydrogen-bond acceptors (Lipinski definition) is 6. The SMILES string of the molecule is COC(=O)c1ccc(Oc2c(C)oc3cc(OCc4ccc(F)cc4)ccc3c2=O)cc1. The third kappa shape index (κ3) is 4.46. The Labute approximate surface area is 182 Å². The van der Waals surface area contributed by atoms with Gasteiger partial charge in [0.25, 0.3) is 0 Å². The maximum Gasteiger partial charge on any atom is 0.337 e. The molecule has 0 N–H and O–H groups in total. The fourth-order valence-corrected chi connectivity index (χ4v) is 3.12. The molecular weight excluding hydrogens is 415 g/mol. The Bertz CT molecular complexity index is 1320. The molecule has 162 valence electrons. The fourth-order valence-electron chi connectivity index (χ4n) is 3.12. The Kier molecular flexibility index (Phi) is 5.89. The second kappa shape index (κ2) is 8.93. The van der Waals surface area contributed by atoms with E-state index in [-0.39, 0.29) is 23.6 Å². The molecular formula is C25H19FO6. The third-order valence-electron chi connectivity index (χ3n) is 4.80. The molecule has 0 radical (unpaired) electrons. The predicted octanol–water partition coefficient (Wildman–Crippen LogP) is 5.40. The van der Waals surface area contributed by atoms with Crippen LogP contribution in [0, 0.1) is 12.7 Å². The lowest BCUT2D eigenvalue weighted by atomic mass is 10.2. The topological polar surface area (TPSA) is 75.0 Å². The first-order valence-electron chi connectivity index (χ1n) is 9.75. The lowest BCUT2D eigenvalue weighted by Crippen LogP contribution is -2.08. The highest BCUT2D eigenvalue weighted by molar-refractivity contribution is 5.89. The van der Waals surface area contributed by atoms with Gasteiger partial charge in [0.2, 0.25) is 11.2 Å². The van der Waals surface area contributed by atoms with Gasteiger partial charge in [-0.05, 0) is 61.0 Å². The standard InChI is InChI=1S/C25H19FO6/c1-15-24(32-19-9-5-17(6-10-19)25(28)29-2)23(27)21-12-11-20(13-22(21)31-15)30-14-16-3-7-18(26)8-4-16/h3-13H,14H2,1-2H3. The minimum atomic E-state index is -0.463. The minimum absolute atomic E-state index is 0.0586. The summed E-state index contributed by atoms with van der Waals surface area (Å²) in [4.78, 5) is 24.5. The number of fused-ring (bicyclic) bond motifs is 1. The van der Waals surface area contributed by atoms with Crippen molar-refractivity contribution in [3.8, 4) is 17.2 Å². The number of methoxy groups -OCH3 is 1. The molecule has 0 unspecified atom stereocenters. The average Bonchev–Trinajstić information content (AvgIpc) is 2.81.